The molecule has 4 aromatic rings. The standard InChI is InChI=1S/C32H33F3N6O/c1-21(2)27-17-25(18-29(32(33,34)35)28(27)20-40-14-12-39(4)13-15-40)38-31(42)24-8-7-22(3)23(16-24)9-10-26-19-36-30-6-5-11-37-41(26)30/h5-8,11,16-19,21H,12-15,20H2,1-4H3,(H,38,42). The highest BCUT2D eigenvalue weighted by Crippen LogP contribution is 2.38. The Kier molecular flexibility index (Phi) is 8.34. The number of rotatable bonds is 5. The first-order valence-corrected chi connectivity index (χ1v) is 13.9. The van der Waals surface area contributed by atoms with Crippen molar-refractivity contribution in [1.82, 2.24) is 24.4 Å². The number of alkyl halides is 3. The molecule has 2 aromatic heterocycles. The molecule has 5 rings (SSSR count). The number of nitrogens with zero attached hydrogens (tertiary/aromatic N) is 5. The summed E-state index contributed by atoms with van der Waals surface area (Å²) in [5.41, 5.74) is 3.29. The molecule has 7 nitrogen and oxygen atoms in total. The van der Waals surface area contributed by atoms with Crippen molar-refractivity contribution in [2.45, 2.75) is 39.4 Å². The molecule has 1 N–H and O–H groups in total. The number of fused-ring (bicyclic) bond motifs is 1. The first-order valence-electron chi connectivity index (χ1n) is 13.9. The molecule has 1 aliphatic rings. The van der Waals surface area contributed by atoms with Crippen LogP contribution in [0.5, 0.6) is 0 Å². The highest BCUT2D eigenvalue weighted by atomic mass is 19.4. The van der Waals surface area contributed by atoms with Gasteiger partial charge in [0.05, 0.1) is 11.8 Å². The molecule has 0 saturated carbocycles. The molecule has 1 saturated heterocycles. The van der Waals surface area contributed by atoms with Crippen LogP contribution in [-0.2, 0) is 12.7 Å². The average molecular weight is 575 g/mol. The molecule has 0 bridgehead atoms. The van der Waals surface area contributed by atoms with Gasteiger partial charge in [-0.15, -0.1) is 0 Å². The highest BCUT2D eigenvalue weighted by molar-refractivity contribution is 6.04. The molecule has 0 aliphatic carbocycles. The van der Waals surface area contributed by atoms with E-state index in [1.165, 1.54) is 0 Å². The van der Waals surface area contributed by atoms with Crippen molar-refractivity contribution in [3.63, 3.8) is 0 Å². The van der Waals surface area contributed by atoms with Crippen molar-refractivity contribution >= 4 is 17.2 Å². The third-order valence-electron chi connectivity index (χ3n) is 7.55. The zero-order valence-electron chi connectivity index (χ0n) is 24.1. The number of hydrogen-bond donors (Lipinski definition) is 1. The van der Waals surface area contributed by atoms with Gasteiger partial charge in [0.15, 0.2) is 5.65 Å². The fourth-order valence-corrected chi connectivity index (χ4v) is 5.09. The van der Waals surface area contributed by atoms with Crippen LogP contribution in [0.2, 0.25) is 0 Å². The summed E-state index contributed by atoms with van der Waals surface area (Å²) < 4.78 is 44.8. The van der Waals surface area contributed by atoms with Gasteiger partial charge in [-0.25, -0.2) is 9.50 Å². The highest BCUT2D eigenvalue weighted by Gasteiger charge is 2.36. The molecule has 0 unspecified atom stereocenters. The van der Waals surface area contributed by atoms with E-state index < -0.39 is 17.6 Å². The normalized spacial score (nSPS) is 14.7. The fraction of sp³-hybridized carbons (Fsp3) is 0.344. The van der Waals surface area contributed by atoms with Gasteiger partial charge in [0, 0.05) is 55.7 Å². The number of piperazine rings is 1. The van der Waals surface area contributed by atoms with Crippen molar-refractivity contribution in [2.75, 3.05) is 38.5 Å². The topological polar surface area (TPSA) is 65.8 Å². The van der Waals surface area contributed by atoms with Gasteiger partial charge in [0.25, 0.3) is 5.91 Å². The molecule has 3 heterocycles. The lowest BCUT2D eigenvalue weighted by Gasteiger charge is -2.34. The van der Waals surface area contributed by atoms with Crippen LogP contribution in [-0.4, -0.2) is 63.5 Å². The maximum atomic E-state index is 14.4. The SMILES string of the molecule is Cc1ccc(C(=O)Nc2cc(C(C)C)c(CN3CCN(C)CC3)c(C(F)(F)F)c2)cc1C#Cc1cnc2cccnn12. The summed E-state index contributed by atoms with van der Waals surface area (Å²) >= 11 is 0. The Balaban J connectivity index is 1.43. The molecule has 1 fully saturated rings. The Labute approximate surface area is 243 Å². The number of benzene rings is 2. The van der Waals surface area contributed by atoms with E-state index in [1.807, 2.05) is 33.9 Å². The Morgan fingerprint density at radius 3 is 2.55 bits per heavy atom. The Morgan fingerprint density at radius 1 is 1.07 bits per heavy atom. The smallest absolute Gasteiger partial charge is 0.322 e. The van der Waals surface area contributed by atoms with Crippen LogP contribution < -0.4 is 5.32 Å². The monoisotopic (exact) mass is 574 g/mol. The molecule has 1 amide bonds. The molecular formula is C32H33F3N6O. The van der Waals surface area contributed by atoms with Crippen LogP contribution in [0.1, 0.15) is 63.6 Å². The number of likely N-dealkylation sites (N-methyl/N-ethyl adjacent to an activating group) is 1. The summed E-state index contributed by atoms with van der Waals surface area (Å²) in [6.45, 7) is 8.87. The number of carbonyl (C=O) groups excluding carboxylic acids is 1. The van der Waals surface area contributed by atoms with E-state index >= 15 is 0 Å². The van der Waals surface area contributed by atoms with Crippen LogP contribution in [0, 0.1) is 18.8 Å². The first kappa shape index (κ1) is 29.3. The number of amides is 1. The van der Waals surface area contributed by atoms with Crippen molar-refractivity contribution < 1.29 is 18.0 Å². The zero-order valence-corrected chi connectivity index (χ0v) is 24.1. The molecule has 0 radical (unpaired) electrons. The van der Waals surface area contributed by atoms with Crippen molar-refractivity contribution in [2.24, 2.45) is 0 Å². The van der Waals surface area contributed by atoms with E-state index in [2.05, 4.69) is 37.0 Å². The van der Waals surface area contributed by atoms with E-state index in [0.29, 0.717) is 41.1 Å². The summed E-state index contributed by atoms with van der Waals surface area (Å²) in [5, 5.41) is 6.97. The summed E-state index contributed by atoms with van der Waals surface area (Å²) in [7, 11) is 2.01. The second-order valence-electron chi connectivity index (χ2n) is 11.0. The van der Waals surface area contributed by atoms with E-state index in [0.717, 1.165) is 24.7 Å². The van der Waals surface area contributed by atoms with Gasteiger partial charge in [-0.05, 0) is 78.9 Å². The third kappa shape index (κ3) is 6.48. The summed E-state index contributed by atoms with van der Waals surface area (Å²) in [4.78, 5) is 21.8. The van der Waals surface area contributed by atoms with Gasteiger partial charge in [-0.3, -0.25) is 9.69 Å². The largest absolute Gasteiger partial charge is 0.416 e. The van der Waals surface area contributed by atoms with Crippen molar-refractivity contribution in [3.8, 4) is 11.8 Å². The number of halogens is 3. The maximum Gasteiger partial charge on any atom is 0.416 e. The summed E-state index contributed by atoms with van der Waals surface area (Å²) in [5.74, 6) is 5.46. The lowest BCUT2D eigenvalue weighted by Crippen LogP contribution is -2.44. The third-order valence-corrected chi connectivity index (χ3v) is 7.55. The van der Waals surface area contributed by atoms with Gasteiger partial charge in [0.1, 0.15) is 5.69 Å². The van der Waals surface area contributed by atoms with Crippen molar-refractivity contribution in [1.29, 1.82) is 0 Å². The molecule has 0 spiro atoms. The molecular weight excluding hydrogens is 541 g/mol. The minimum Gasteiger partial charge on any atom is -0.322 e. The van der Waals surface area contributed by atoms with Crippen LogP contribution in [0.15, 0.2) is 54.9 Å². The number of anilines is 1. The first-order chi connectivity index (χ1) is 20.0. The predicted octanol–water partition coefficient (Wildman–Crippen LogP) is 5.58. The number of aryl methyl sites for hydroxylation is 1. The number of imidazole rings is 1. The van der Waals surface area contributed by atoms with Gasteiger partial charge < -0.3 is 10.2 Å². The molecule has 42 heavy (non-hydrogen) atoms. The molecule has 218 valence electrons. The number of nitrogens with one attached hydrogen (secondary N) is 1. The minimum absolute atomic E-state index is 0.114. The second kappa shape index (κ2) is 12.0. The van der Waals surface area contributed by atoms with E-state index in [-0.39, 0.29) is 23.7 Å². The zero-order chi connectivity index (χ0) is 30.0. The van der Waals surface area contributed by atoms with E-state index in [9.17, 15) is 18.0 Å². The van der Waals surface area contributed by atoms with Crippen LogP contribution in [0.3, 0.4) is 0 Å². The summed E-state index contributed by atoms with van der Waals surface area (Å²) in [6, 6.07) is 11.4. The van der Waals surface area contributed by atoms with Gasteiger partial charge >= 0.3 is 6.18 Å². The van der Waals surface area contributed by atoms with Crippen molar-refractivity contribution in [3.05, 3.63) is 93.9 Å². The Bertz CT molecular complexity index is 1670. The number of aromatic nitrogens is 3. The summed E-state index contributed by atoms with van der Waals surface area (Å²) in [6.07, 6.45) is -1.30. The van der Waals surface area contributed by atoms with E-state index in [1.54, 1.807) is 47.2 Å². The Hall–Kier alpha value is -4.20. The number of carbonyl (C=O) groups is 1. The second-order valence-corrected chi connectivity index (χ2v) is 11.0. The van der Waals surface area contributed by atoms with Gasteiger partial charge in [-0.1, -0.05) is 25.8 Å². The van der Waals surface area contributed by atoms with Gasteiger partial charge in [0.2, 0.25) is 0 Å². The van der Waals surface area contributed by atoms with E-state index in [4.69, 9.17) is 0 Å². The van der Waals surface area contributed by atoms with Crippen LogP contribution in [0.4, 0.5) is 18.9 Å². The maximum absolute atomic E-state index is 14.4. The van der Waals surface area contributed by atoms with Gasteiger partial charge in [-0.2, -0.15) is 18.3 Å². The average Bonchev–Trinajstić information content (AvgIpc) is 3.36. The Morgan fingerprint density at radius 2 is 1.83 bits per heavy atom. The molecule has 0 atom stereocenters. The van der Waals surface area contributed by atoms with Crippen LogP contribution >= 0.6 is 0 Å². The number of hydrogen-bond acceptors (Lipinski definition) is 5. The quantitative estimate of drug-likeness (QED) is 0.316. The lowest BCUT2D eigenvalue weighted by molar-refractivity contribution is -0.138. The molecule has 2 aromatic carbocycles. The molecule has 10 heteroatoms. The lowest BCUT2D eigenvalue weighted by atomic mass is 9.91. The predicted molar refractivity (Wildman–Crippen MR) is 156 cm³/mol. The fourth-order valence-electron chi connectivity index (χ4n) is 5.09. The van der Waals surface area contributed by atoms with Crippen LogP contribution in [0.25, 0.3) is 5.65 Å². The molecule has 1 aliphatic heterocycles. The minimum atomic E-state index is -4.56.